The maximum Gasteiger partial charge on any atom is 0.347 e. The fourth-order valence-corrected chi connectivity index (χ4v) is 2.68. The highest BCUT2D eigenvalue weighted by molar-refractivity contribution is 5.95. The number of amides is 1. The van der Waals surface area contributed by atoms with Gasteiger partial charge in [0.15, 0.2) is 12.7 Å². The fraction of sp³-hybridized carbons (Fsp3) is 0.364. The molecule has 0 bridgehead atoms. The van der Waals surface area contributed by atoms with Gasteiger partial charge in [-0.25, -0.2) is 4.79 Å². The third-order valence-corrected chi connectivity index (χ3v) is 4.42. The first-order valence-electron chi connectivity index (χ1n) is 9.46. The number of nitro benzene ring substituents is 1. The van der Waals surface area contributed by atoms with E-state index < -0.39 is 29.5 Å². The second-order valence-electron chi connectivity index (χ2n) is 7.92. The first-order chi connectivity index (χ1) is 14.0. The van der Waals surface area contributed by atoms with Crippen molar-refractivity contribution in [1.82, 2.24) is 0 Å². The van der Waals surface area contributed by atoms with Crippen molar-refractivity contribution in [1.29, 1.82) is 0 Å². The SMILES string of the molecule is Cc1cccc([N+](=O)[O-])c1NC(=O)COC(=O)[C@H](C)Oc1ccc(C(C)(C)C)cc1. The van der Waals surface area contributed by atoms with E-state index in [1.807, 2.05) is 12.1 Å². The number of para-hydroxylation sites is 1. The van der Waals surface area contributed by atoms with E-state index in [0.717, 1.165) is 5.56 Å². The van der Waals surface area contributed by atoms with Crippen molar-refractivity contribution in [2.24, 2.45) is 0 Å². The average molecular weight is 414 g/mol. The minimum absolute atomic E-state index is 0.00260. The van der Waals surface area contributed by atoms with E-state index in [1.54, 1.807) is 25.1 Å². The van der Waals surface area contributed by atoms with Crippen LogP contribution >= 0.6 is 0 Å². The summed E-state index contributed by atoms with van der Waals surface area (Å²) in [6.07, 6.45) is -0.925. The molecule has 8 heteroatoms. The molecule has 0 aliphatic carbocycles. The molecule has 1 amide bonds. The second-order valence-corrected chi connectivity index (χ2v) is 7.92. The van der Waals surface area contributed by atoms with E-state index in [9.17, 15) is 19.7 Å². The van der Waals surface area contributed by atoms with Crippen molar-refractivity contribution < 1.29 is 24.0 Å². The summed E-state index contributed by atoms with van der Waals surface area (Å²) in [5, 5.41) is 13.5. The number of hydrogen-bond donors (Lipinski definition) is 1. The molecule has 0 spiro atoms. The van der Waals surface area contributed by atoms with Gasteiger partial charge in [-0.1, -0.05) is 45.0 Å². The van der Waals surface area contributed by atoms with Crippen LogP contribution in [0.25, 0.3) is 0 Å². The van der Waals surface area contributed by atoms with Crippen LogP contribution in [0.3, 0.4) is 0 Å². The number of hydrogen-bond acceptors (Lipinski definition) is 6. The van der Waals surface area contributed by atoms with Gasteiger partial charge >= 0.3 is 5.97 Å². The third kappa shape index (κ3) is 6.04. The lowest BCUT2D eigenvalue weighted by Crippen LogP contribution is -2.30. The highest BCUT2D eigenvalue weighted by Gasteiger charge is 2.21. The van der Waals surface area contributed by atoms with Crippen molar-refractivity contribution in [2.45, 2.75) is 46.1 Å². The maximum atomic E-state index is 12.1. The number of nitrogens with one attached hydrogen (secondary N) is 1. The smallest absolute Gasteiger partial charge is 0.347 e. The van der Waals surface area contributed by atoms with Crippen molar-refractivity contribution in [2.75, 3.05) is 11.9 Å². The standard InChI is InChI=1S/C22H26N2O6/c1-14-7-6-8-18(24(27)28)20(14)23-19(25)13-29-21(26)15(2)30-17-11-9-16(10-12-17)22(3,4)5/h6-12,15H,13H2,1-5H3,(H,23,25)/t15-/m0/s1. The van der Waals surface area contributed by atoms with Gasteiger partial charge in [-0.15, -0.1) is 0 Å². The summed E-state index contributed by atoms with van der Waals surface area (Å²) in [6, 6.07) is 11.8. The molecule has 160 valence electrons. The van der Waals surface area contributed by atoms with Crippen LogP contribution in [0.2, 0.25) is 0 Å². The number of aryl methyl sites for hydroxylation is 1. The Balaban J connectivity index is 1.91. The molecule has 0 aliphatic heterocycles. The Morgan fingerprint density at radius 3 is 2.33 bits per heavy atom. The van der Waals surface area contributed by atoms with E-state index in [1.165, 1.54) is 19.1 Å². The normalized spacial score (nSPS) is 12.0. The predicted octanol–water partition coefficient (Wildman–Crippen LogP) is 4.15. The molecule has 2 aromatic carbocycles. The Morgan fingerprint density at radius 2 is 1.77 bits per heavy atom. The molecule has 0 aliphatic rings. The van der Waals surface area contributed by atoms with E-state index in [4.69, 9.17) is 9.47 Å². The summed E-state index contributed by atoms with van der Waals surface area (Å²) in [5.74, 6) is -0.890. The maximum absolute atomic E-state index is 12.1. The zero-order valence-corrected chi connectivity index (χ0v) is 17.7. The van der Waals surface area contributed by atoms with E-state index >= 15 is 0 Å². The third-order valence-electron chi connectivity index (χ3n) is 4.42. The molecule has 2 aromatic rings. The van der Waals surface area contributed by atoms with Crippen molar-refractivity contribution in [3.05, 3.63) is 63.7 Å². The number of ether oxygens (including phenoxy) is 2. The number of nitro groups is 1. The molecule has 0 saturated carbocycles. The predicted molar refractivity (Wildman–Crippen MR) is 113 cm³/mol. The van der Waals surface area contributed by atoms with Gasteiger partial charge in [0.25, 0.3) is 11.6 Å². The van der Waals surface area contributed by atoms with E-state index in [0.29, 0.717) is 11.3 Å². The molecule has 0 fully saturated rings. The van der Waals surface area contributed by atoms with Crippen LogP contribution in [0.1, 0.15) is 38.8 Å². The lowest BCUT2D eigenvalue weighted by molar-refractivity contribution is -0.384. The van der Waals surface area contributed by atoms with Crippen LogP contribution in [-0.2, 0) is 19.7 Å². The quantitative estimate of drug-likeness (QED) is 0.414. The molecule has 1 N–H and O–H groups in total. The molecule has 0 radical (unpaired) electrons. The van der Waals surface area contributed by atoms with Gasteiger partial charge in [-0.3, -0.25) is 14.9 Å². The first kappa shape index (κ1) is 22.9. The Kier molecular flexibility index (Phi) is 7.15. The molecule has 0 aromatic heterocycles. The number of nitrogens with zero attached hydrogens (tertiary/aromatic N) is 1. The first-order valence-corrected chi connectivity index (χ1v) is 9.46. The Hall–Kier alpha value is -3.42. The van der Waals surface area contributed by atoms with Gasteiger partial charge in [-0.05, 0) is 42.5 Å². The summed E-state index contributed by atoms with van der Waals surface area (Å²) in [5.41, 5.74) is 1.51. The van der Waals surface area contributed by atoms with Crippen molar-refractivity contribution >= 4 is 23.3 Å². The van der Waals surface area contributed by atoms with Gasteiger partial charge < -0.3 is 14.8 Å². The zero-order valence-electron chi connectivity index (χ0n) is 17.7. The number of esters is 1. The summed E-state index contributed by atoms with van der Waals surface area (Å²) in [6.45, 7) is 8.86. The van der Waals surface area contributed by atoms with Crippen LogP contribution in [0.4, 0.5) is 11.4 Å². The summed E-state index contributed by atoms with van der Waals surface area (Å²) in [4.78, 5) is 34.8. The lowest BCUT2D eigenvalue weighted by atomic mass is 9.87. The van der Waals surface area contributed by atoms with Crippen molar-refractivity contribution in [3.63, 3.8) is 0 Å². The van der Waals surface area contributed by atoms with Gasteiger partial charge in [-0.2, -0.15) is 0 Å². The van der Waals surface area contributed by atoms with Gasteiger partial charge in [0.1, 0.15) is 11.4 Å². The number of carbonyl (C=O) groups is 2. The van der Waals surface area contributed by atoms with Crippen LogP contribution < -0.4 is 10.1 Å². The molecule has 8 nitrogen and oxygen atoms in total. The summed E-state index contributed by atoms with van der Waals surface area (Å²) in [7, 11) is 0. The Bertz CT molecular complexity index is 932. The Morgan fingerprint density at radius 1 is 1.13 bits per heavy atom. The number of anilines is 1. The van der Waals surface area contributed by atoms with Gasteiger partial charge in [0, 0.05) is 6.07 Å². The minimum Gasteiger partial charge on any atom is -0.479 e. The largest absolute Gasteiger partial charge is 0.479 e. The topological polar surface area (TPSA) is 108 Å². The molecular weight excluding hydrogens is 388 g/mol. The highest BCUT2D eigenvalue weighted by Crippen LogP contribution is 2.27. The summed E-state index contributed by atoms with van der Waals surface area (Å²) >= 11 is 0. The summed E-state index contributed by atoms with van der Waals surface area (Å²) < 4.78 is 10.6. The van der Waals surface area contributed by atoms with Crippen LogP contribution in [-0.4, -0.2) is 29.5 Å². The van der Waals surface area contributed by atoms with Crippen LogP contribution in [0.15, 0.2) is 42.5 Å². The second kappa shape index (κ2) is 9.39. The molecule has 0 saturated heterocycles. The lowest BCUT2D eigenvalue weighted by Gasteiger charge is -2.20. The number of carbonyl (C=O) groups excluding carboxylic acids is 2. The fourth-order valence-electron chi connectivity index (χ4n) is 2.68. The molecular formula is C22H26N2O6. The minimum atomic E-state index is -0.925. The zero-order chi connectivity index (χ0) is 22.5. The number of benzene rings is 2. The molecule has 30 heavy (non-hydrogen) atoms. The average Bonchev–Trinajstić information content (AvgIpc) is 2.67. The van der Waals surface area contributed by atoms with Gasteiger partial charge in [0.2, 0.25) is 0 Å². The molecule has 0 heterocycles. The monoisotopic (exact) mass is 414 g/mol. The van der Waals surface area contributed by atoms with Gasteiger partial charge in [0.05, 0.1) is 4.92 Å². The van der Waals surface area contributed by atoms with E-state index in [2.05, 4.69) is 26.1 Å². The van der Waals surface area contributed by atoms with Crippen molar-refractivity contribution in [3.8, 4) is 5.75 Å². The van der Waals surface area contributed by atoms with E-state index in [-0.39, 0.29) is 16.8 Å². The highest BCUT2D eigenvalue weighted by atomic mass is 16.6. The molecule has 0 unspecified atom stereocenters. The number of rotatable bonds is 7. The molecule has 2 rings (SSSR count). The Labute approximate surface area is 175 Å². The van der Waals surface area contributed by atoms with Crippen LogP contribution in [0.5, 0.6) is 5.75 Å². The molecule has 1 atom stereocenters. The van der Waals surface area contributed by atoms with Crippen LogP contribution in [0, 0.1) is 17.0 Å².